The molecule has 1 aromatic carbocycles. The number of aromatic nitrogens is 1. The summed E-state index contributed by atoms with van der Waals surface area (Å²) in [5.41, 5.74) is 1.20. The zero-order valence-electron chi connectivity index (χ0n) is 5.97. The van der Waals surface area contributed by atoms with Crippen molar-refractivity contribution in [3.05, 3.63) is 29.9 Å². The normalized spacial score (nSPS) is 10.7. The number of fused-ring (bicyclic) bond motifs is 1. The molecule has 56 valence electrons. The average molecular weight is 151 g/mol. The first-order valence-electron chi connectivity index (χ1n) is 3.28. The van der Waals surface area contributed by atoms with Crippen LogP contribution in [0.1, 0.15) is 5.89 Å². The molecule has 0 bridgehead atoms. The van der Waals surface area contributed by atoms with Gasteiger partial charge in [0, 0.05) is 13.0 Å². The first-order valence-corrected chi connectivity index (χ1v) is 3.28. The summed E-state index contributed by atoms with van der Waals surface area (Å²) in [6, 6.07) is 4.28. The third-order valence-corrected chi connectivity index (χ3v) is 1.46. The van der Waals surface area contributed by atoms with Crippen LogP contribution in [0.2, 0.25) is 0 Å². The van der Waals surface area contributed by atoms with Gasteiger partial charge in [0.25, 0.3) is 0 Å². The van der Waals surface area contributed by atoms with Crippen LogP contribution < -0.4 is 0 Å². The van der Waals surface area contributed by atoms with E-state index in [1.165, 1.54) is 12.1 Å². The van der Waals surface area contributed by atoms with Gasteiger partial charge >= 0.3 is 0 Å². The lowest BCUT2D eigenvalue weighted by Crippen LogP contribution is -1.72. The number of benzene rings is 1. The molecule has 0 amide bonds. The minimum absolute atomic E-state index is 0.286. The van der Waals surface area contributed by atoms with Gasteiger partial charge in [-0.05, 0) is 12.1 Å². The van der Waals surface area contributed by atoms with Crippen molar-refractivity contribution in [3.63, 3.8) is 0 Å². The maximum Gasteiger partial charge on any atom is 0.192 e. The molecule has 0 saturated carbocycles. The fourth-order valence-corrected chi connectivity index (χ4v) is 1.02. The molecular weight excluding hydrogens is 145 g/mol. The molecule has 1 aromatic heterocycles. The van der Waals surface area contributed by atoms with E-state index in [4.69, 9.17) is 4.42 Å². The zero-order chi connectivity index (χ0) is 7.84. The molecule has 1 heterocycles. The van der Waals surface area contributed by atoms with Crippen molar-refractivity contribution in [2.75, 3.05) is 0 Å². The lowest BCUT2D eigenvalue weighted by Gasteiger charge is -1.84. The van der Waals surface area contributed by atoms with Crippen LogP contribution in [0.15, 0.2) is 22.6 Å². The number of nitrogens with zero attached hydrogens (tertiary/aromatic N) is 1. The lowest BCUT2D eigenvalue weighted by atomic mass is 10.3. The SMILES string of the molecule is Cc1nc2cc(F)ccc2o1. The highest BCUT2D eigenvalue weighted by Gasteiger charge is 2.01. The van der Waals surface area contributed by atoms with Gasteiger partial charge in [-0.1, -0.05) is 0 Å². The van der Waals surface area contributed by atoms with Crippen LogP contribution in [-0.2, 0) is 0 Å². The van der Waals surface area contributed by atoms with Gasteiger partial charge in [-0.3, -0.25) is 0 Å². The van der Waals surface area contributed by atoms with Gasteiger partial charge in [0.05, 0.1) is 0 Å². The summed E-state index contributed by atoms with van der Waals surface area (Å²) < 4.78 is 17.7. The maximum atomic E-state index is 12.6. The van der Waals surface area contributed by atoms with Crippen LogP contribution in [-0.4, -0.2) is 4.98 Å². The molecule has 11 heavy (non-hydrogen) atoms. The molecular formula is C8H6FNO. The van der Waals surface area contributed by atoms with E-state index in [2.05, 4.69) is 4.98 Å². The Kier molecular flexibility index (Phi) is 1.18. The zero-order valence-corrected chi connectivity index (χ0v) is 5.97. The number of halogens is 1. The Morgan fingerprint density at radius 3 is 3.09 bits per heavy atom. The summed E-state index contributed by atoms with van der Waals surface area (Å²) in [5, 5.41) is 0. The van der Waals surface area contributed by atoms with Crippen LogP contribution in [0.25, 0.3) is 11.1 Å². The third kappa shape index (κ3) is 0.981. The Hall–Kier alpha value is -1.38. The summed E-state index contributed by atoms with van der Waals surface area (Å²) in [6.07, 6.45) is 0. The summed E-state index contributed by atoms with van der Waals surface area (Å²) in [5.74, 6) is 0.274. The molecule has 0 aliphatic heterocycles. The molecule has 0 atom stereocenters. The molecule has 0 unspecified atom stereocenters. The molecule has 0 aliphatic carbocycles. The Bertz CT molecular complexity index is 394. The third-order valence-electron chi connectivity index (χ3n) is 1.46. The van der Waals surface area contributed by atoms with Crippen LogP contribution >= 0.6 is 0 Å². The topological polar surface area (TPSA) is 26.0 Å². The lowest BCUT2D eigenvalue weighted by molar-refractivity contribution is 0.560. The van der Waals surface area contributed by atoms with E-state index in [-0.39, 0.29) is 5.82 Å². The second kappa shape index (κ2) is 2.05. The minimum Gasteiger partial charge on any atom is -0.441 e. The fraction of sp³-hybridized carbons (Fsp3) is 0.125. The van der Waals surface area contributed by atoms with Crippen molar-refractivity contribution >= 4 is 11.1 Å². The number of hydrogen-bond acceptors (Lipinski definition) is 2. The summed E-state index contributed by atoms with van der Waals surface area (Å²) in [7, 11) is 0. The van der Waals surface area contributed by atoms with Gasteiger partial charge in [-0.25, -0.2) is 9.37 Å². The number of rotatable bonds is 0. The van der Waals surface area contributed by atoms with E-state index in [0.29, 0.717) is 17.0 Å². The molecule has 2 aromatic rings. The Labute approximate surface area is 62.7 Å². The quantitative estimate of drug-likeness (QED) is 0.577. The molecule has 0 fully saturated rings. The smallest absolute Gasteiger partial charge is 0.192 e. The highest BCUT2D eigenvalue weighted by molar-refractivity contribution is 5.72. The Morgan fingerprint density at radius 2 is 2.27 bits per heavy atom. The van der Waals surface area contributed by atoms with Crippen LogP contribution in [0.5, 0.6) is 0 Å². The number of aryl methyl sites for hydroxylation is 1. The second-order valence-corrected chi connectivity index (χ2v) is 2.34. The average Bonchev–Trinajstić information content (AvgIpc) is 2.27. The van der Waals surface area contributed by atoms with Crippen molar-refractivity contribution in [2.24, 2.45) is 0 Å². The Balaban J connectivity index is 2.82. The summed E-state index contributed by atoms with van der Waals surface area (Å²) in [6.45, 7) is 1.73. The van der Waals surface area contributed by atoms with Crippen molar-refractivity contribution in [3.8, 4) is 0 Å². The van der Waals surface area contributed by atoms with Gasteiger partial charge in [0.1, 0.15) is 11.3 Å². The van der Waals surface area contributed by atoms with Crippen molar-refractivity contribution in [2.45, 2.75) is 6.92 Å². The largest absolute Gasteiger partial charge is 0.441 e. The molecule has 2 nitrogen and oxygen atoms in total. The molecule has 3 heteroatoms. The maximum absolute atomic E-state index is 12.6. The fourth-order valence-electron chi connectivity index (χ4n) is 1.02. The number of oxazole rings is 1. The van der Waals surface area contributed by atoms with E-state index < -0.39 is 0 Å². The Morgan fingerprint density at radius 1 is 1.45 bits per heavy atom. The van der Waals surface area contributed by atoms with E-state index in [1.807, 2.05) is 0 Å². The van der Waals surface area contributed by atoms with Gasteiger partial charge in [-0.15, -0.1) is 0 Å². The molecule has 2 rings (SSSR count). The first-order chi connectivity index (χ1) is 5.25. The summed E-state index contributed by atoms with van der Waals surface area (Å²) >= 11 is 0. The highest BCUT2D eigenvalue weighted by atomic mass is 19.1. The summed E-state index contributed by atoms with van der Waals surface area (Å²) in [4.78, 5) is 3.97. The van der Waals surface area contributed by atoms with E-state index in [0.717, 1.165) is 0 Å². The molecule has 0 spiro atoms. The standard InChI is InChI=1S/C8H6FNO/c1-5-10-7-4-6(9)2-3-8(7)11-5/h2-4H,1H3. The van der Waals surface area contributed by atoms with Gasteiger partial charge < -0.3 is 4.42 Å². The molecule has 0 N–H and O–H groups in total. The van der Waals surface area contributed by atoms with E-state index >= 15 is 0 Å². The van der Waals surface area contributed by atoms with Crippen molar-refractivity contribution in [1.82, 2.24) is 4.98 Å². The van der Waals surface area contributed by atoms with Crippen LogP contribution in [0.4, 0.5) is 4.39 Å². The second-order valence-electron chi connectivity index (χ2n) is 2.34. The minimum atomic E-state index is -0.286. The van der Waals surface area contributed by atoms with Crippen LogP contribution in [0.3, 0.4) is 0 Å². The number of hydrogen-bond donors (Lipinski definition) is 0. The molecule has 0 saturated heterocycles. The van der Waals surface area contributed by atoms with Crippen LogP contribution in [0, 0.1) is 12.7 Å². The van der Waals surface area contributed by atoms with E-state index in [1.54, 1.807) is 13.0 Å². The predicted octanol–water partition coefficient (Wildman–Crippen LogP) is 2.28. The van der Waals surface area contributed by atoms with E-state index in [9.17, 15) is 4.39 Å². The van der Waals surface area contributed by atoms with Crippen molar-refractivity contribution in [1.29, 1.82) is 0 Å². The molecule has 0 aliphatic rings. The van der Waals surface area contributed by atoms with Gasteiger partial charge in [0.2, 0.25) is 0 Å². The predicted molar refractivity (Wildman–Crippen MR) is 38.7 cm³/mol. The first kappa shape index (κ1) is 6.34. The van der Waals surface area contributed by atoms with Gasteiger partial charge in [0.15, 0.2) is 11.5 Å². The highest BCUT2D eigenvalue weighted by Crippen LogP contribution is 2.15. The van der Waals surface area contributed by atoms with Crippen molar-refractivity contribution < 1.29 is 8.81 Å². The molecule has 0 radical (unpaired) electrons. The monoisotopic (exact) mass is 151 g/mol. The van der Waals surface area contributed by atoms with Gasteiger partial charge in [-0.2, -0.15) is 0 Å².